The lowest BCUT2D eigenvalue weighted by Crippen LogP contribution is -2.12. The number of nitrogens with zero attached hydrogens (tertiary/aromatic N) is 3. The minimum absolute atomic E-state index is 0.266. The first-order chi connectivity index (χ1) is 11.8. The largest absolute Gasteiger partial charge is 0.340 e. The monoisotopic (exact) mass is 320 g/mol. The molecule has 0 fully saturated rings. The van der Waals surface area contributed by atoms with Gasteiger partial charge in [-0.1, -0.05) is 6.07 Å². The summed E-state index contributed by atoms with van der Waals surface area (Å²) in [6.07, 6.45) is 7.63. The molecule has 3 aromatic rings. The highest BCUT2D eigenvalue weighted by Crippen LogP contribution is 2.30. The minimum Gasteiger partial charge on any atom is -0.340 e. The number of aromatic nitrogens is 3. The maximum atomic E-state index is 13.5. The zero-order valence-electron chi connectivity index (χ0n) is 13.2. The van der Waals surface area contributed by atoms with Crippen molar-refractivity contribution in [1.82, 2.24) is 15.0 Å². The van der Waals surface area contributed by atoms with Crippen LogP contribution in [-0.2, 0) is 12.8 Å². The summed E-state index contributed by atoms with van der Waals surface area (Å²) in [6.45, 7) is 0. The highest BCUT2D eigenvalue weighted by atomic mass is 19.1. The molecular formula is C19H17FN4. The molecule has 1 N–H and O–H groups in total. The van der Waals surface area contributed by atoms with Crippen LogP contribution >= 0.6 is 0 Å². The molecule has 0 atom stereocenters. The molecule has 0 bridgehead atoms. The lowest BCUT2D eigenvalue weighted by atomic mass is 9.96. The molecule has 0 amide bonds. The first-order valence-electron chi connectivity index (χ1n) is 8.12. The molecule has 5 heteroatoms. The van der Waals surface area contributed by atoms with E-state index < -0.39 is 0 Å². The molecular weight excluding hydrogens is 303 g/mol. The van der Waals surface area contributed by atoms with Crippen molar-refractivity contribution in [3.63, 3.8) is 0 Å². The van der Waals surface area contributed by atoms with Crippen molar-refractivity contribution in [2.75, 3.05) is 5.32 Å². The van der Waals surface area contributed by atoms with Gasteiger partial charge in [-0.05, 0) is 56.0 Å². The summed E-state index contributed by atoms with van der Waals surface area (Å²) >= 11 is 0. The van der Waals surface area contributed by atoms with E-state index in [1.165, 1.54) is 12.1 Å². The van der Waals surface area contributed by atoms with Gasteiger partial charge in [0, 0.05) is 34.9 Å². The Balaban J connectivity index is 1.79. The minimum atomic E-state index is -0.266. The van der Waals surface area contributed by atoms with Crippen LogP contribution < -0.4 is 5.32 Å². The normalized spacial score (nSPS) is 13.4. The molecule has 1 aliphatic carbocycles. The van der Waals surface area contributed by atoms with E-state index in [1.54, 1.807) is 18.5 Å². The third-order valence-electron chi connectivity index (χ3n) is 4.21. The highest BCUT2D eigenvalue weighted by Gasteiger charge is 2.18. The van der Waals surface area contributed by atoms with Gasteiger partial charge in [-0.3, -0.25) is 4.98 Å². The highest BCUT2D eigenvalue weighted by molar-refractivity contribution is 5.65. The van der Waals surface area contributed by atoms with Crippen LogP contribution in [0.2, 0.25) is 0 Å². The zero-order chi connectivity index (χ0) is 16.4. The van der Waals surface area contributed by atoms with Crippen LogP contribution in [0, 0.1) is 5.82 Å². The van der Waals surface area contributed by atoms with Gasteiger partial charge in [0.15, 0.2) is 5.82 Å². The van der Waals surface area contributed by atoms with Gasteiger partial charge < -0.3 is 5.32 Å². The Kier molecular flexibility index (Phi) is 3.91. The molecule has 2 heterocycles. The summed E-state index contributed by atoms with van der Waals surface area (Å²) in [5.74, 6) is 1.19. The Morgan fingerprint density at radius 1 is 0.958 bits per heavy atom. The molecule has 0 spiro atoms. The molecule has 24 heavy (non-hydrogen) atoms. The number of rotatable bonds is 3. The molecule has 2 aromatic heterocycles. The number of aryl methyl sites for hydroxylation is 1. The molecule has 0 radical (unpaired) electrons. The Hall–Kier alpha value is -2.82. The fourth-order valence-electron chi connectivity index (χ4n) is 3.03. The maximum Gasteiger partial charge on any atom is 0.161 e. The van der Waals surface area contributed by atoms with Crippen LogP contribution in [0.1, 0.15) is 24.1 Å². The smallest absolute Gasteiger partial charge is 0.161 e. The van der Waals surface area contributed by atoms with E-state index in [4.69, 9.17) is 9.97 Å². The zero-order valence-corrected chi connectivity index (χ0v) is 13.2. The van der Waals surface area contributed by atoms with Crippen molar-refractivity contribution in [1.29, 1.82) is 0 Å². The number of hydrogen-bond donors (Lipinski definition) is 1. The van der Waals surface area contributed by atoms with Gasteiger partial charge in [0.05, 0.1) is 0 Å². The van der Waals surface area contributed by atoms with E-state index in [2.05, 4.69) is 10.3 Å². The van der Waals surface area contributed by atoms with E-state index in [0.717, 1.165) is 48.3 Å². The molecule has 0 aliphatic heterocycles. The molecule has 1 aromatic carbocycles. The predicted octanol–water partition coefficient (Wildman–Crippen LogP) is 4.30. The number of anilines is 2. The lowest BCUT2D eigenvalue weighted by Gasteiger charge is -2.20. The number of hydrogen-bond acceptors (Lipinski definition) is 4. The number of fused-ring (bicyclic) bond motifs is 1. The van der Waals surface area contributed by atoms with Crippen LogP contribution in [0.5, 0.6) is 0 Å². The summed E-state index contributed by atoms with van der Waals surface area (Å²) in [5.41, 5.74) is 3.85. The predicted molar refractivity (Wildman–Crippen MR) is 91.6 cm³/mol. The first kappa shape index (κ1) is 14.8. The second-order valence-corrected chi connectivity index (χ2v) is 5.90. The van der Waals surface area contributed by atoms with E-state index in [1.807, 2.05) is 18.2 Å². The van der Waals surface area contributed by atoms with Gasteiger partial charge in [0.1, 0.15) is 11.6 Å². The molecule has 1 aliphatic rings. The second kappa shape index (κ2) is 6.35. The molecule has 4 nitrogen and oxygen atoms in total. The van der Waals surface area contributed by atoms with E-state index in [9.17, 15) is 4.39 Å². The maximum absolute atomic E-state index is 13.5. The van der Waals surface area contributed by atoms with E-state index >= 15 is 0 Å². The Bertz CT molecular complexity index is 864. The molecule has 120 valence electrons. The van der Waals surface area contributed by atoms with Crippen LogP contribution in [-0.4, -0.2) is 15.0 Å². The number of pyridine rings is 1. The van der Waals surface area contributed by atoms with Crippen molar-refractivity contribution < 1.29 is 4.39 Å². The summed E-state index contributed by atoms with van der Waals surface area (Å²) in [5, 5.41) is 3.28. The van der Waals surface area contributed by atoms with Crippen LogP contribution in [0.4, 0.5) is 15.9 Å². The van der Waals surface area contributed by atoms with Crippen molar-refractivity contribution >= 4 is 11.5 Å². The van der Waals surface area contributed by atoms with Gasteiger partial charge in [-0.2, -0.15) is 0 Å². The fraction of sp³-hybridized carbons (Fsp3) is 0.211. The Morgan fingerprint density at radius 2 is 1.79 bits per heavy atom. The van der Waals surface area contributed by atoms with Gasteiger partial charge in [-0.25, -0.2) is 14.4 Å². The van der Waals surface area contributed by atoms with Gasteiger partial charge in [0.2, 0.25) is 0 Å². The number of nitrogens with one attached hydrogen (secondary N) is 1. The van der Waals surface area contributed by atoms with Crippen LogP contribution in [0.3, 0.4) is 0 Å². The van der Waals surface area contributed by atoms with Crippen LogP contribution in [0.15, 0.2) is 48.8 Å². The third-order valence-corrected chi connectivity index (χ3v) is 4.21. The summed E-state index contributed by atoms with van der Waals surface area (Å²) in [7, 11) is 0. The van der Waals surface area contributed by atoms with Crippen molar-refractivity contribution in [2.24, 2.45) is 0 Å². The van der Waals surface area contributed by atoms with Gasteiger partial charge in [-0.15, -0.1) is 0 Å². The topological polar surface area (TPSA) is 50.7 Å². The number of halogens is 1. The first-order valence-corrected chi connectivity index (χ1v) is 8.12. The van der Waals surface area contributed by atoms with Gasteiger partial charge in [0.25, 0.3) is 0 Å². The standard InChI is InChI=1S/C19H17FN4/c20-14-4-3-5-15(12-14)22-19-16-6-1-2-7-17(16)23-18(24-19)13-8-10-21-11-9-13/h3-5,8-12H,1-2,6-7H2,(H,22,23,24). The Labute approximate surface area is 139 Å². The SMILES string of the molecule is Fc1cccc(Nc2nc(-c3ccncc3)nc3c2CCCC3)c1. The van der Waals surface area contributed by atoms with Crippen molar-refractivity contribution in [2.45, 2.75) is 25.7 Å². The fourth-order valence-corrected chi connectivity index (χ4v) is 3.03. The summed E-state index contributed by atoms with van der Waals surface area (Å²) in [4.78, 5) is 13.5. The Morgan fingerprint density at radius 3 is 2.62 bits per heavy atom. The lowest BCUT2D eigenvalue weighted by molar-refractivity contribution is 0.628. The van der Waals surface area contributed by atoms with Gasteiger partial charge >= 0.3 is 0 Å². The summed E-state index contributed by atoms with van der Waals surface area (Å²) in [6, 6.07) is 10.2. The van der Waals surface area contributed by atoms with E-state index in [0.29, 0.717) is 11.5 Å². The van der Waals surface area contributed by atoms with Crippen LogP contribution in [0.25, 0.3) is 11.4 Å². The molecule has 0 saturated heterocycles. The molecule has 0 unspecified atom stereocenters. The van der Waals surface area contributed by atoms with Crippen molar-refractivity contribution in [3.05, 3.63) is 65.9 Å². The second-order valence-electron chi connectivity index (χ2n) is 5.90. The molecule has 0 saturated carbocycles. The average molecular weight is 320 g/mol. The summed E-state index contributed by atoms with van der Waals surface area (Å²) < 4.78 is 13.5. The third kappa shape index (κ3) is 2.97. The van der Waals surface area contributed by atoms with Crippen molar-refractivity contribution in [3.8, 4) is 11.4 Å². The number of benzene rings is 1. The van der Waals surface area contributed by atoms with E-state index in [-0.39, 0.29) is 5.82 Å². The quantitative estimate of drug-likeness (QED) is 0.781. The molecule has 4 rings (SSSR count). The average Bonchev–Trinajstić information content (AvgIpc) is 2.62.